The molecule has 0 aromatic rings. The van der Waals surface area contributed by atoms with Gasteiger partial charge in [-0.2, -0.15) is 0 Å². The smallest absolute Gasteiger partial charge is 0.00275 e. The first-order valence-corrected chi connectivity index (χ1v) is 8.31. The van der Waals surface area contributed by atoms with Gasteiger partial charge in [0.15, 0.2) is 0 Å². The molecule has 0 spiro atoms. The van der Waals surface area contributed by atoms with Crippen molar-refractivity contribution in [2.75, 3.05) is 34.2 Å². The standard InChI is InChI=1S/C5H13N.C4H11N.2C4H10/c1-4-5-6(2)3;1-3-4-5-2;2*1-3-4-2/h4-5H2,1-3H3;5H,3-4H2,1-2H3;2*3-4H2,1-2H3. The molecule has 0 heterocycles. The molecular formula is C17H44N2. The van der Waals surface area contributed by atoms with E-state index in [9.17, 15) is 0 Å². The highest BCUT2D eigenvalue weighted by Crippen LogP contribution is 1.77. The fourth-order valence-corrected chi connectivity index (χ4v) is 0.697. The van der Waals surface area contributed by atoms with Gasteiger partial charge in [0.1, 0.15) is 0 Å². The summed E-state index contributed by atoms with van der Waals surface area (Å²) in [5.41, 5.74) is 0. The molecule has 0 aromatic heterocycles. The Hall–Kier alpha value is -0.0800. The minimum atomic E-state index is 1.14. The summed E-state index contributed by atoms with van der Waals surface area (Å²) in [5, 5.41) is 3.02. The molecule has 2 nitrogen and oxygen atoms in total. The molecule has 0 saturated heterocycles. The van der Waals surface area contributed by atoms with Crippen LogP contribution in [-0.4, -0.2) is 39.1 Å². The van der Waals surface area contributed by atoms with E-state index >= 15 is 0 Å². The second kappa shape index (κ2) is 36.1. The van der Waals surface area contributed by atoms with Crippen molar-refractivity contribution in [3.8, 4) is 0 Å². The van der Waals surface area contributed by atoms with Crippen LogP contribution in [0.15, 0.2) is 0 Å². The van der Waals surface area contributed by atoms with E-state index in [4.69, 9.17) is 0 Å². The number of hydrogen-bond acceptors (Lipinski definition) is 2. The van der Waals surface area contributed by atoms with Gasteiger partial charge in [-0.25, -0.2) is 0 Å². The van der Waals surface area contributed by atoms with Crippen LogP contribution in [-0.2, 0) is 0 Å². The largest absolute Gasteiger partial charge is 0.320 e. The lowest BCUT2D eigenvalue weighted by atomic mass is 10.4. The molecule has 0 aliphatic heterocycles. The van der Waals surface area contributed by atoms with Crippen LogP contribution in [0.25, 0.3) is 0 Å². The Kier molecular flexibility index (Phi) is 51.9. The third-order valence-corrected chi connectivity index (χ3v) is 2.17. The minimum absolute atomic E-state index is 1.14. The van der Waals surface area contributed by atoms with Crippen LogP contribution in [0.1, 0.15) is 80.1 Å². The lowest BCUT2D eigenvalue weighted by Crippen LogP contribution is -2.11. The van der Waals surface area contributed by atoms with Crippen LogP contribution in [0.2, 0.25) is 0 Å². The van der Waals surface area contributed by atoms with Gasteiger partial charge in [-0.1, -0.05) is 67.2 Å². The van der Waals surface area contributed by atoms with Crippen LogP contribution < -0.4 is 5.32 Å². The van der Waals surface area contributed by atoms with Crippen molar-refractivity contribution in [1.82, 2.24) is 10.2 Å². The van der Waals surface area contributed by atoms with Gasteiger partial charge in [0, 0.05) is 0 Å². The van der Waals surface area contributed by atoms with Crippen molar-refractivity contribution < 1.29 is 0 Å². The SMILES string of the molecule is CCCC.CCCC.CCCN(C)C.CCCNC. The molecule has 122 valence electrons. The molecule has 2 heteroatoms. The Morgan fingerprint density at radius 2 is 1.00 bits per heavy atom. The molecule has 0 atom stereocenters. The molecule has 1 N–H and O–H groups in total. The summed E-state index contributed by atoms with van der Waals surface area (Å²) in [7, 11) is 6.14. The maximum atomic E-state index is 3.02. The first kappa shape index (κ1) is 27.3. The Bertz CT molecular complexity index is 83.3. The summed E-state index contributed by atoms with van der Waals surface area (Å²) in [6.07, 6.45) is 7.77. The van der Waals surface area contributed by atoms with E-state index < -0.39 is 0 Å². The average Bonchev–Trinajstić information content (AvgIpc) is 2.41. The number of unbranched alkanes of at least 4 members (excludes halogenated alkanes) is 2. The molecule has 0 amide bonds. The third kappa shape index (κ3) is 94.8. The zero-order chi connectivity index (χ0) is 15.9. The van der Waals surface area contributed by atoms with Gasteiger partial charge in [-0.15, -0.1) is 0 Å². The topological polar surface area (TPSA) is 15.3 Å². The molecular weight excluding hydrogens is 232 g/mol. The highest BCUT2D eigenvalue weighted by Gasteiger charge is 1.79. The van der Waals surface area contributed by atoms with E-state index in [1.54, 1.807) is 0 Å². The summed E-state index contributed by atoms with van der Waals surface area (Å²) < 4.78 is 0. The van der Waals surface area contributed by atoms with Gasteiger partial charge in [0.2, 0.25) is 0 Å². The van der Waals surface area contributed by atoms with Gasteiger partial charge < -0.3 is 10.2 Å². The monoisotopic (exact) mass is 276 g/mol. The van der Waals surface area contributed by atoms with Crippen molar-refractivity contribution >= 4 is 0 Å². The van der Waals surface area contributed by atoms with Crippen molar-refractivity contribution in [3.05, 3.63) is 0 Å². The Morgan fingerprint density at radius 3 is 1.00 bits per heavy atom. The lowest BCUT2D eigenvalue weighted by Gasteiger charge is -2.03. The Balaban J connectivity index is -0.0000000803. The minimum Gasteiger partial charge on any atom is -0.320 e. The summed E-state index contributed by atoms with van der Waals surface area (Å²) in [6, 6.07) is 0. The lowest BCUT2D eigenvalue weighted by molar-refractivity contribution is 0.408. The van der Waals surface area contributed by atoms with Crippen LogP contribution in [0.5, 0.6) is 0 Å². The average molecular weight is 277 g/mol. The van der Waals surface area contributed by atoms with Gasteiger partial charge in [0.05, 0.1) is 0 Å². The fourth-order valence-electron chi connectivity index (χ4n) is 0.697. The van der Waals surface area contributed by atoms with Gasteiger partial charge in [-0.05, 0) is 47.1 Å². The molecule has 0 fully saturated rings. The van der Waals surface area contributed by atoms with Crippen molar-refractivity contribution in [3.63, 3.8) is 0 Å². The number of rotatable bonds is 6. The van der Waals surface area contributed by atoms with Crippen LogP contribution in [0, 0.1) is 0 Å². The predicted octanol–water partition coefficient (Wildman–Crippen LogP) is 5.19. The van der Waals surface area contributed by atoms with Gasteiger partial charge >= 0.3 is 0 Å². The van der Waals surface area contributed by atoms with Crippen LogP contribution in [0.4, 0.5) is 0 Å². The summed E-state index contributed by atoms with van der Waals surface area (Å²) >= 11 is 0. The van der Waals surface area contributed by atoms with E-state index in [-0.39, 0.29) is 0 Å². The van der Waals surface area contributed by atoms with E-state index in [1.807, 2.05) is 7.05 Å². The molecule has 0 unspecified atom stereocenters. The maximum absolute atomic E-state index is 3.02. The number of nitrogens with zero attached hydrogens (tertiary/aromatic N) is 1. The highest BCUT2D eigenvalue weighted by atomic mass is 15.0. The number of nitrogens with one attached hydrogen (secondary N) is 1. The quantitative estimate of drug-likeness (QED) is 0.718. The normalized spacial score (nSPS) is 8.53. The molecule has 0 aromatic carbocycles. The summed E-state index contributed by atoms with van der Waals surface area (Å²) in [5.74, 6) is 0. The second-order valence-corrected chi connectivity index (χ2v) is 4.91. The van der Waals surface area contributed by atoms with E-state index in [2.05, 4.69) is 65.9 Å². The zero-order valence-corrected chi connectivity index (χ0v) is 15.6. The van der Waals surface area contributed by atoms with Crippen LogP contribution >= 0.6 is 0 Å². The molecule has 0 aliphatic rings. The molecule has 0 bridgehead atoms. The molecule has 19 heavy (non-hydrogen) atoms. The van der Waals surface area contributed by atoms with Crippen molar-refractivity contribution in [1.29, 1.82) is 0 Å². The van der Waals surface area contributed by atoms with Crippen molar-refractivity contribution in [2.24, 2.45) is 0 Å². The Labute approximate surface area is 125 Å². The second-order valence-electron chi connectivity index (χ2n) is 4.91. The highest BCUT2D eigenvalue weighted by molar-refractivity contribution is 4.34. The Morgan fingerprint density at radius 1 is 0.632 bits per heavy atom. The molecule has 0 radical (unpaired) electrons. The first-order chi connectivity index (χ1) is 9.01. The van der Waals surface area contributed by atoms with E-state index in [1.165, 1.54) is 45.1 Å². The van der Waals surface area contributed by atoms with Crippen LogP contribution in [0.3, 0.4) is 0 Å². The van der Waals surface area contributed by atoms with E-state index in [0.29, 0.717) is 0 Å². The van der Waals surface area contributed by atoms with Gasteiger partial charge in [-0.3, -0.25) is 0 Å². The number of hydrogen-bond donors (Lipinski definition) is 1. The van der Waals surface area contributed by atoms with E-state index in [0.717, 1.165) is 6.54 Å². The zero-order valence-electron chi connectivity index (χ0n) is 15.6. The molecule has 0 saturated carbocycles. The fraction of sp³-hybridized carbons (Fsp3) is 1.00. The van der Waals surface area contributed by atoms with Gasteiger partial charge in [0.25, 0.3) is 0 Å². The summed E-state index contributed by atoms with van der Waals surface area (Å²) in [6.45, 7) is 15.4. The van der Waals surface area contributed by atoms with Crippen molar-refractivity contribution in [2.45, 2.75) is 80.1 Å². The molecule has 0 aliphatic carbocycles. The first-order valence-electron chi connectivity index (χ1n) is 8.31. The summed E-state index contributed by atoms with van der Waals surface area (Å²) in [4.78, 5) is 2.18. The third-order valence-electron chi connectivity index (χ3n) is 2.17. The maximum Gasteiger partial charge on any atom is -0.00275 e. The molecule has 0 rings (SSSR count). The predicted molar refractivity (Wildman–Crippen MR) is 94.2 cm³/mol.